The van der Waals surface area contributed by atoms with E-state index in [0.717, 1.165) is 35.3 Å². The lowest BCUT2D eigenvalue weighted by atomic mass is 9.72. The van der Waals surface area contributed by atoms with Gasteiger partial charge in [-0.05, 0) is 44.7 Å². The fourth-order valence-electron chi connectivity index (χ4n) is 3.93. The third-order valence-corrected chi connectivity index (χ3v) is 5.52. The maximum absolute atomic E-state index is 10.9. The smallest absolute Gasteiger partial charge is 0.118 e. The molecule has 0 saturated heterocycles. The number of hydrogen-bond acceptors (Lipinski definition) is 1. The van der Waals surface area contributed by atoms with Crippen molar-refractivity contribution in [1.29, 1.82) is 0 Å². The quantitative estimate of drug-likeness (QED) is 0.643. The highest BCUT2D eigenvalue weighted by Gasteiger charge is 2.47. The van der Waals surface area contributed by atoms with E-state index in [2.05, 4.69) is 39.7 Å². The number of halogens is 1. The predicted molar refractivity (Wildman–Crippen MR) is 93.8 cm³/mol. The van der Waals surface area contributed by atoms with Gasteiger partial charge in [-0.2, -0.15) is 0 Å². The van der Waals surface area contributed by atoms with Crippen LogP contribution in [0.15, 0.2) is 36.4 Å². The minimum Gasteiger partial charge on any atom is -0.384 e. The van der Waals surface area contributed by atoms with Crippen LogP contribution in [0.2, 0.25) is 5.02 Å². The summed E-state index contributed by atoms with van der Waals surface area (Å²) in [4.78, 5) is 0. The van der Waals surface area contributed by atoms with E-state index in [0.29, 0.717) is 5.92 Å². The summed E-state index contributed by atoms with van der Waals surface area (Å²) in [5, 5.41) is 11.7. The van der Waals surface area contributed by atoms with Crippen molar-refractivity contribution < 1.29 is 9.59 Å². The Hall–Kier alpha value is -0.830. The normalized spacial score (nSPS) is 29.4. The Bertz CT molecular complexity index is 533. The number of benzene rings is 1. The van der Waals surface area contributed by atoms with E-state index in [4.69, 9.17) is 11.6 Å². The van der Waals surface area contributed by atoms with Crippen LogP contribution in [0.25, 0.3) is 0 Å². The average Bonchev–Trinajstić information content (AvgIpc) is 2.40. The Labute approximate surface area is 140 Å². The van der Waals surface area contributed by atoms with Crippen LogP contribution >= 0.6 is 11.6 Å². The van der Waals surface area contributed by atoms with Gasteiger partial charge in [-0.3, -0.25) is 0 Å². The monoisotopic (exact) mass is 322 g/mol. The van der Waals surface area contributed by atoms with Gasteiger partial charge in [-0.15, -0.1) is 0 Å². The Kier molecular flexibility index (Phi) is 5.06. The van der Waals surface area contributed by atoms with Crippen LogP contribution in [0.1, 0.15) is 38.7 Å². The molecule has 1 aliphatic carbocycles. The van der Waals surface area contributed by atoms with Gasteiger partial charge in [0.1, 0.15) is 18.2 Å². The van der Waals surface area contributed by atoms with E-state index in [9.17, 15) is 5.11 Å². The van der Waals surface area contributed by atoms with Gasteiger partial charge in [0, 0.05) is 17.0 Å². The second-order valence-corrected chi connectivity index (χ2v) is 8.19. The van der Waals surface area contributed by atoms with Gasteiger partial charge in [-0.1, -0.05) is 35.9 Å². The minimum absolute atomic E-state index is 0.207. The Balaban J connectivity index is 2.20. The highest BCUT2D eigenvalue weighted by Crippen LogP contribution is 2.40. The summed E-state index contributed by atoms with van der Waals surface area (Å²) in [5.41, 5.74) is 1.87. The molecule has 22 heavy (non-hydrogen) atoms. The van der Waals surface area contributed by atoms with Gasteiger partial charge in [0.05, 0.1) is 14.1 Å². The third-order valence-electron chi connectivity index (χ3n) is 5.27. The molecule has 1 aliphatic rings. The molecular formula is C19H29ClNO+. The van der Waals surface area contributed by atoms with E-state index in [-0.39, 0.29) is 6.04 Å². The number of aliphatic hydroxyl groups is 1. The van der Waals surface area contributed by atoms with Gasteiger partial charge in [-0.25, -0.2) is 0 Å². The molecule has 0 bridgehead atoms. The standard InChI is InChI=1S/C19H29ClNO/c1-14(2)16-10-11-19(3,22)18(12-16)21(4,5)13-15-6-8-17(20)9-7-15/h6-9,16,18,22H,1,10-13H2,2-5H3/q+1. The number of quaternary nitrogens is 1. The number of nitrogens with zero attached hydrogens (tertiary/aromatic N) is 1. The molecule has 122 valence electrons. The predicted octanol–water partition coefficient (Wildman–Crippen LogP) is 4.41. The second kappa shape index (κ2) is 6.35. The largest absolute Gasteiger partial charge is 0.384 e. The fourth-order valence-corrected chi connectivity index (χ4v) is 4.06. The summed E-state index contributed by atoms with van der Waals surface area (Å²) in [6.45, 7) is 9.13. The summed E-state index contributed by atoms with van der Waals surface area (Å²) in [6.07, 6.45) is 2.89. The molecule has 0 amide bonds. The molecule has 1 saturated carbocycles. The molecule has 2 rings (SSSR count). The Morgan fingerprint density at radius 1 is 1.36 bits per heavy atom. The van der Waals surface area contributed by atoms with Crippen molar-refractivity contribution in [1.82, 2.24) is 0 Å². The average molecular weight is 323 g/mol. The lowest BCUT2D eigenvalue weighted by molar-refractivity contribution is -0.936. The Morgan fingerprint density at radius 3 is 2.50 bits per heavy atom. The molecule has 0 heterocycles. The number of hydrogen-bond donors (Lipinski definition) is 1. The van der Waals surface area contributed by atoms with Gasteiger partial charge in [0.15, 0.2) is 0 Å². The van der Waals surface area contributed by atoms with E-state index in [1.54, 1.807) is 0 Å². The fraction of sp³-hybridized carbons (Fsp3) is 0.579. The van der Waals surface area contributed by atoms with Gasteiger partial charge in [0.25, 0.3) is 0 Å². The molecule has 0 spiro atoms. The summed E-state index contributed by atoms with van der Waals surface area (Å²) in [7, 11) is 4.43. The molecule has 1 fully saturated rings. The summed E-state index contributed by atoms with van der Waals surface area (Å²) in [6, 6.07) is 8.24. The van der Waals surface area contributed by atoms with Crippen LogP contribution in [-0.2, 0) is 6.54 Å². The molecular weight excluding hydrogens is 294 g/mol. The molecule has 1 aromatic rings. The first kappa shape index (κ1) is 17.5. The SMILES string of the molecule is C=C(C)C1CCC(C)(O)C([N+](C)(C)Cc2ccc(Cl)cc2)C1. The molecule has 3 atom stereocenters. The van der Waals surface area contributed by atoms with Gasteiger partial charge in [0.2, 0.25) is 0 Å². The van der Waals surface area contributed by atoms with Crippen LogP contribution < -0.4 is 0 Å². The molecule has 2 nitrogen and oxygen atoms in total. The summed E-state index contributed by atoms with van der Waals surface area (Å²) >= 11 is 5.98. The van der Waals surface area contributed by atoms with Crippen molar-refractivity contribution in [3.63, 3.8) is 0 Å². The first-order valence-corrected chi connectivity index (χ1v) is 8.44. The summed E-state index contributed by atoms with van der Waals surface area (Å²) in [5.74, 6) is 0.521. The van der Waals surface area contributed by atoms with Gasteiger partial charge >= 0.3 is 0 Å². The zero-order valence-electron chi connectivity index (χ0n) is 14.3. The number of rotatable bonds is 4. The highest BCUT2D eigenvalue weighted by atomic mass is 35.5. The first-order valence-electron chi connectivity index (χ1n) is 8.07. The second-order valence-electron chi connectivity index (χ2n) is 7.75. The highest BCUT2D eigenvalue weighted by molar-refractivity contribution is 6.30. The molecule has 3 heteroatoms. The van der Waals surface area contributed by atoms with Crippen LogP contribution in [0.4, 0.5) is 0 Å². The molecule has 0 aromatic heterocycles. The van der Waals surface area contributed by atoms with Crippen molar-refractivity contribution in [3.05, 3.63) is 47.0 Å². The third kappa shape index (κ3) is 3.92. The molecule has 0 aliphatic heterocycles. The molecule has 0 radical (unpaired) electrons. The zero-order chi connectivity index (χ0) is 16.5. The topological polar surface area (TPSA) is 20.2 Å². The van der Waals surface area contributed by atoms with Crippen LogP contribution in [0.3, 0.4) is 0 Å². The number of likely N-dealkylation sites (N-methyl/N-ethyl adjacent to an activating group) is 1. The van der Waals surface area contributed by atoms with E-state index < -0.39 is 5.60 Å². The van der Waals surface area contributed by atoms with E-state index in [1.807, 2.05) is 19.1 Å². The minimum atomic E-state index is -0.623. The number of allylic oxidation sites excluding steroid dienone is 1. The van der Waals surface area contributed by atoms with Crippen LogP contribution in [0, 0.1) is 5.92 Å². The molecule has 1 aromatic carbocycles. The van der Waals surface area contributed by atoms with E-state index in [1.165, 1.54) is 11.1 Å². The Morgan fingerprint density at radius 2 is 1.95 bits per heavy atom. The lowest BCUT2D eigenvalue weighted by Crippen LogP contribution is -2.61. The first-order chi connectivity index (χ1) is 10.1. The van der Waals surface area contributed by atoms with E-state index >= 15 is 0 Å². The maximum atomic E-state index is 10.9. The van der Waals surface area contributed by atoms with Crippen molar-refractivity contribution in [3.8, 4) is 0 Å². The maximum Gasteiger partial charge on any atom is 0.118 e. The van der Waals surface area contributed by atoms with Crippen LogP contribution in [-0.4, -0.2) is 35.3 Å². The zero-order valence-corrected chi connectivity index (χ0v) is 15.0. The van der Waals surface area contributed by atoms with Crippen LogP contribution in [0.5, 0.6) is 0 Å². The van der Waals surface area contributed by atoms with Gasteiger partial charge < -0.3 is 9.59 Å². The van der Waals surface area contributed by atoms with Crippen molar-refractivity contribution >= 4 is 11.6 Å². The van der Waals surface area contributed by atoms with Crippen molar-refractivity contribution in [2.75, 3.05) is 14.1 Å². The van der Waals surface area contributed by atoms with Crippen molar-refractivity contribution in [2.45, 2.75) is 51.3 Å². The lowest BCUT2D eigenvalue weighted by Gasteiger charge is -2.49. The van der Waals surface area contributed by atoms with Crippen molar-refractivity contribution in [2.24, 2.45) is 5.92 Å². The molecule has 1 N–H and O–H groups in total. The summed E-state index contributed by atoms with van der Waals surface area (Å²) < 4.78 is 0.776. The molecule has 3 unspecified atom stereocenters.